The summed E-state index contributed by atoms with van der Waals surface area (Å²) in [4.78, 5) is 34.6. The van der Waals surface area contributed by atoms with E-state index < -0.39 is 5.97 Å². The minimum atomic E-state index is -1.01. The lowest BCUT2D eigenvalue weighted by atomic mass is 10.3. The zero-order valence-corrected chi connectivity index (χ0v) is 8.91. The van der Waals surface area contributed by atoms with Gasteiger partial charge in [0.15, 0.2) is 0 Å². The summed E-state index contributed by atoms with van der Waals surface area (Å²) in [5.41, 5.74) is 0.589. The Bertz CT molecular complexity index is 452. The third kappa shape index (κ3) is 2.03. The summed E-state index contributed by atoms with van der Waals surface area (Å²) in [5, 5.41) is 12.5. The lowest BCUT2D eigenvalue weighted by molar-refractivity contribution is -0.130. The van der Waals surface area contributed by atoms with Gasteiger partial charge in [-0.25, -0.2) is 4.79 Å². The topological polar surface area (TPSA) is 86.7 Å². The molecule has 1 saturated heterocycles. The van der Waals surface area contributed by atoms with E-state index in [-0.39, 0.29) is 29.8 Å². The molecule has 2 amide bonds. The molecule has 2 rings (SSSR count). The van der Waals surface area contributed by atoms with Crippen LogP contribution in [-0.4, -0.2) is 36.0 Å². The van der Waals surface area contributed by atoms with Gasteiger partial charge in [0, 0.05) is 11.1 Å². The summed E-state index contributed by atoms with van der Waals surface area (Å²) in [5.74, 6) is -1.76. The number of anilines is 1. The maximum atomic E-state index is 11.1. The van der Waals surface area contributed by atoms with Gasteiger partial charge in [0.25, 0.3) is 0 Å². The molecule has 1 aliphatic rings. The first-order valence-electron chi connectivity index (χ1n) is 4.46. The average molecular weight is 240 g/mol. The Balaban J connectivity index is 2.19. The van der Waals surface area contributed by atoms with Crippen molar-refractivity contribution in [2.75, 3.05) is 18.0 Å². The molecule has 84 valence electrons. The van der Waals surface area contributed by atoms with Crippen LogP contribution in [0.5, 0.6) is 0 Å². The second kappa shape index (κ2) is 3.93. The number of hydrogen-bond donors (Lipinski definition) is 2. The Morgan fingerprint density at radius 2 is 2.00 bits per heavy atom. The number of rotatable bonds is 2. The van der Waals surface area contributed by atoms with Crippen molar-refractivity contribution in [2.24, 2.45) is 0 Å². The van der Waals surface area contributed by atoms with E-state index in [2.05, 4.69) is 5.32 Å². The molecule has 7 heteroatoms. The maximum Gasteiger partial charge on any atom is 0.345 e. The van der Waals surface area contributed by atoms with Crippen LogP contribution >= 0.6 is 11.3 Å². The number of amides is 2. The number of carbonyl (C=O) groups is 3. The smallest absolute Gasteiger partial charge is 0.345 e. The first kappa shape index (κ1) is 10.6. The predicted molar refractivity (Wildman–Crippen MR) is 56.6 cm³/mol. The molecule has 1 aromatic heterocycles. The molecule has 6 nitrogen and oxygen atoms in total. The Kier molecular flexibility index (Phi) is 2.61. The molecule has 0 spiro atoms. The van der Waals surface area contributed by atoms with Crippen molar-refractivity contribution in [2.45, 2.75) is 0 Å². The number of hydrogen-bond acceptors (Lipinski definition) is 5. The number of aromatic carboxylic acids is 1. The fourth-order valence-electron chi connectivity index (χ4n) is 1.42. The van der Waals surface area contributed by atoms with Crippen LogP contribution in [0.25, 0.3) is 0 Å². The van der Waals surface area contributed by atoms with Crippen molar-refractivity contribution in [1.29, 1.82) is 0 Å². The molecule has 2 N–H and O–H groups in total. The zero-order chi connectivity index (χ0) is 11.7. The summed E-state index contributed by atoms with van der Waals surface area (Å²) in [7, 11) is 0. The van der Waals surface area contributed by atoms with Gasteiger partial charge < -0.3 is 10.0 Å². The molecule has 16 heavy (non-hydrogen) atoms. The van der Waals surface area contributed by atoms with E-state index in [4.69, 9.17) is 5.11 Å². The highest BCUT2D eigenvalue weighted by Gasteiger charge is 2.23. The van der Waals surface area contributed by atoms with Gasteiger partial charge >= 0.3 is 5.97 Å². The molecule has 0 atom stereocenters. The molecule has 0 bridgehead atoms. The predicted octanol–water partition coefficient (Wildman–Crippen LogP) is -0.0909. The fraction of sp³-hybridized carbons (Fsp3) is 0.222. The largest absolute Gasteiger partial charge is 0.477 e. The third-order valence-electron chi connectivity index (χ3n) is 2.11. The quantitative estimate of drug-likeness (QED) is 0.705. The molecule has 1 aromatic rings. The van der Waals surface area contributed by atoms with Crippen LogP contribution in [-0.2, 0) is 9.59 Å². The van der Waals surface area contributed by atoms with Crippen molar-refractivity contribution in [3.05, 3.63) is 16.3 Å². The summed E-state index contributed by atoms with van der Waals surface area (Å²) < 4.78 is 0. The van der Waals surface area contributed by atoms with Crippen molar-refractivity contribution < 1.29 is 19.5 Å². The van der Waals surface area contributed by atoms with E-state index in [0.29, 0.717) is 5.69 Å². The molecule has 0 saturated carbocycles. The van der Waals surface area contributed by atoms with Crippen LogP contribution in [0.4, 0.5) is 5.69 Å². The minimum absolute atomic E-state index is 0.0710. The van der Waals surface area contributed by atoms with Crippen LogP contribution in [0.2, 0.25) is 0 Å². The molecule has 0 aliphatic carbocycles. The van der Waals surface area contributed by atoms with Gasteiger partial charge in [0.05, 0.1) is 13.1 Å². The monoisotopic (exact) mass is 240 g/mol. The first-order valence-corrected chi connectivity index (χ1v) is 5.33. The molecule has 0 aromatic carbocycles. The van der Waals surface area contributed by atoms with Crippen LogP contribution < -0.4 is 10.2 Å². The summed E-state index contributed by atoms with van der Waals surface area (Å²) in [6.07, 6.45) is 0. The number of carboxylic acid groups (broad SMARTS) is 1. The SMILES string of the molecule is O=C1CN(c2csc(C(=O)O)c2)CC(=O)N1. The highest BCUT2D eigenvalue weighted by atomic mass is 32.1. The Morgan fingerprint density at radius 1 is 1.38 bits per heavy atom. The van der Waals surface area contributed by atoms with Crippen LogP contribution in [0.1, 0.15) is 9.67 Å². The average Bonchev–Trinajstić information content (AvgIpc) is 2.64. The lowest BCUT2D eigenvalue weighted by Crippen LogP contribution is -2.51. The van der Waals surface area contributed by atoms with Crippen molar-refractivity contribution in [3.63, 3.8) is 0 Å². The van der Waals surface area contributed by atoms with E-state index in [9.17, 15) is 14.4 Å². The van der Waals surface area contributed by atoms with E-state index in [1.54, 1.807) is 10.3 Å². The molecule has 1 aliphatic heterocycles. The Hall–Kier alpha value is -1.89. The number of imide groups is 1. The van der Waals surface area contributed by atoms with Gasteiger partial charge in [-0.2, -0.15) is 0 Å². The van der Waals surface area contributed by atoms with Gasteiger partial charge in [-0.05, 0) is 6.07 Å². The summed E-state index contributed by atoms with van der Waals surface area (Å²) >= 11 is 1.07. The molecular formula is C9H8N2O4S. The molecule has 1 fully saturated rings. The minimum Gasteiger partial charge on any atom is -0.477 e. The number of nitrogens with one attached hydrogen (secondary N) is 1. The van der Waals surface area contributed by atoms with Gasteiger partial charge in [-0.3, -0.25) is 14.9 Å². The van der Waals surface area contributed by atoms with Gasteiger partial charge in [0.1, 0.15) is 4.88 Å². The summed E-state index contributed by atoms with van der Waals surface area (Å²) in [6, 6.07) is 1.46. The summed E-state index contributed by atoms with van der Waals surface area (Å²) in [6.45, 7) is 0.142. The van der Waals surface area contributed by atoms with E-state index in [0.717, 1.165) is 11.3 Å². The second-order valence-electron chi connectivity index (χ2n) is 3.30. The standard InChI is InChI=1S/C9H8N2O4S/c12-7-2-11(3-8(13)10-7)5-1-6(9(14)15)16-4-5/h1,4H,2-3H2,(H,14,15)(H,10,12,13). The Morgan fingerprint density at radius 3 is 2.50 bits per heavy atom. The van der Waals surface area contributed by atoms with Crippen LogP contribution in [0, 0.1) is 0 Å². The van der Waals surface area contributed by atoms with Crippen molar-refractivity contribution >= 4 is 34.8 Å². The molecule has 2 heterocycles. The molecule has 0 unspecified atom stereocenters. The lowest BCUT2D eigenvalue weighted by Gasteiger charge is -2.26. The van der Waals surface area contributed by atoms with E-state index in [1.165, 1.54) is 6.07 Å². The maximum absolute atomic E-state index is 11.1. The highest BCUT2D eigenvalue weighted by Crippen LogP contribution is 2.23. The number of carboxylic acids is 1. The van der Waals surface area contributed by atoms with Gasteiger partial charge in [-0.1, -0.05) is 0 Å². The third-order valence-corrected chi connectivity index (χ3v) is 3.02. The molecule has 0 radical (unpaired) electrons. The highest BCUT2D eigenvalue weighted by molar-refractivity contribution is 7.12. The van der Waals surface area contributed by atoms with E-state index >= 15 is 0 Å². The number of nitrogens with zero attached hydrogens (tertiary/aromatic N) is 1. The van der Waals surface area contributed by atoms with Crippen LogP contribution in [0.3, 0.4) is 0 Å². The van der Waals surface area contributed by atoms with Gasteiger partial charge in [-0.15, -0.1) is 11.3 Å². The Labute approximate surface area is 94.5 Å². The van der Waals surface area contributed by atoms with Crippen molar-refractivity contribution in [1.82, 2.24) is 5.32 Å². The fourth-order valence-corrected chi connectivity index (χ4v) is 2.18. The second-order valence-corrected chi connectivity index (χ2v) is 4.21. The van der Waals surface area contributed by atoms with Crippen LogP contribution in [0.15, 0.2) is 11.4 Å². The first-order chi connectivity index (χ1) is 7.56. The number of carbonyl (C=O) groups excluding carboxylic acids is 2. The van der Waals surface area contributed by atoms with Gasteiger partial charge in [0.2, 0.25) is 11.8 Å². The van der Waals surface area contributed by atoms with E-state index in [1.807, 2.05) is 0 Å². The number of thiophene rings is 1. The number of piperazine rings is 1. The zero-order valence-electron chi connectivity index (χ0n) is 8.10. The normalized spacial score (nSPS) is 16.1. The molecular weight excluding hydrogens is 232 g/mol. The van der Waals surface area contributed by atoms with Crippen molar-refractivity contribution in [3.8, 4) is 0 Å².